The normalized spacial score (nSPS) is 10.4. The summed E-state index contributed by atoms with van der Waals surface area (Å²) in [4.78, 5) is 25.0. The molecule has 0 saturated carbocycles. The molecule has 0 fully saturated rings. The Kier molecular flexibility index (Phi) is 5.79. The van der Waals surface area contributed by atoms with Crippen molar-refractivity contribution in [1.82, 2.24) is 0 Å². The summed E-state index contributed by atoms with van der Waals surface area (Å²) in [7, 11) is 4.38. The predicted molar refractivity (Wildman–Crippen MR) is 105 cm³/mol. The summed E-state index contributed by atoms with van der Waals surface area (Å²) in [5.74, 6) is 0.0853. The van der Waals surface area contributed by atoms with E-state index in [1.807, 2.05) is 30.3 Å². The van der Waals surface area contributed by atoms with Gasteiger partial charge in [-0.15, -0.1) is 0 Å². The number of benzene rings is 3. The highest BCUT2D eigenvalue weighted by atomic mass is 16.5. The Morgan fingerprint density at radius 3 is 2.11 bits per heavy atom. The quantitative estimate of drug-likeness (QED) is 0.457. The molecule has 0 unspecified atom stereocenters. The molecule has 0 N–H and O–H groups in total. The van der Waals surface area contributed by atoms with Crippen LogP contribution in [0.1, 0.15) is 20.7 Å². The zero-order valence-corrected chi connectivity index (χ0v) is 15.9. The third-order valence-electron chi connectivity index (χ3n) is 4.32. The standard InChI is InChI=1S/C22H20O6/c1-25-19-11-15(12-20(26-2)21(19)27-3)22(24)28-13-18(23)17-10-6-8-14-7-4-5-9-16(14)17/h4-12H,13H2,1-3H3. The number of ketones is 1. The first kappa shape index (κ1) is 19.2. The number of fused-ring (bicyclic) bond motifs is 1. The second kappa shape index (κ2) is 8.43. The Labute approximate surface area is 162 Å². The number of methoxy groups -OCH3 is 3. The number of esters is 1. The SMILES string of the molecule is COc1cc(C(=O)OCC(=O)c2cccc3ccccc23)cc(OC)c1OC. The molecular formula is C22H20O6. The van der Waals surface area contributed by atoms with Crippen molar-refractivity contribution in [1.29, 1.82) is 0 Å². The second-order valence-corrected chi connectivity index (χ2v) is 5.94. The van der Waals surface area contributed by atoms with E-state index in [1.165, 1.54) is 33.5 Å². The molecule has 0 aliphatic heterocycles. The van der Waals surface area contributed by atoms with Gasteiger partial charge in [0.2, 0.25) is 11.5 Å². The van der Waals surface area contributed by atoms with Crippen molar-refractivity contribution >= 4 is 22.5 Å². The maximum absolute atomic E-state index is 12.6. The second-order valence-electron chi connectivity index (χ2n) is 5.94. The van der Waals surface area contributed by atoms with Gasteiger partial charge in [0.1, 0.15) is 0 Å². The van der Waals surface area contributed by atoms with Crippen molar-refractivity contribution in [2.75, 3.05) is 27.9 Å². The van der Waals surface area contributed by atoms with Crippen LogP contribution in [0.3, 0.4) is 0 Å². The van der Waals surface area contributed by atoms with Gasteiger partial charge in [-0.3, -0.25) is 4.79 Å². The highest BCUT2D eigenvalue weighted by molar-refractivity contribution is 6.09. The largest absolute Gasteiger partial charge is 0.493 e. The summed E-state index contributed by atoms with van der Waals surface area (Å²) in [5.41, 5.74) is 0.705. The minimum absolute atomic E-state index is 0.195. The van der Waals surface area contributed by atoms with Gasteiger partial charge < -0.3 is 18.9 Å². The van der Waals surface area contributed by atoms with Gasteiger partial charge in [-0.1, -0.05) is 42.5 Å². The summed E-state index contributed by atoms with van der Waals surface area (Å²) in [6, 6.07) is 16.0. The van der Waals surface area contributed by atoms with Crippen LogP contribution < -0.4 is 14.2 Å². The Hall–Kier alpha value is -3.54. The summed E-state index contributed by atoms with van der Waals surface area (Å²) in [6.45, 7) is -0.372. The highest BCUT2D eigenvalue weighted by Gasteiger charge is 2.19. The van der Waals surface area contributed by atoms with Crippen LogP contribution in [0.2, 0.25) is 0 Å². The molecule has 0 saturated heterocycles. The van der Waals surface area contributed by atoms with Gasteiger partial charge in [-0.2, -0.15) is 0 Å². The van der Waals surface area contributed by atoms with Crippen LogP contribution in [0, 0.1) is 0 Å². The molecule has 3 rings (SSSR count). The van der Waals surface area contributed by atoms with Crippen molar-refractivity contribution < 1.29 is 28.5 Å². The van der Waals surface area contributed by atoms with Crippen LogP contribution in [-0.2, 0) is 4.74 Å². The number of ether oxygens (including phenoxy) is 4. The molecule has 6 nitrogen and oxygen atoms in total. The molecule has 3 aromatic carbocycles. The smallest absolute Gasteiger partial charge is 0.338 e. The summed E-state index contributed by atoms with van der Waals surface area (Å²) < 4.78 is 20.9. The molecule has 0 heterocycles. The van der Waals surface area contributed by atoms with E-state index in [2.05, 4.69) is 0 Å². The number of hydrogen-bond donors (Lipinski definition) is 0. The van der Waals surface area contributed by atoms with Crippen LogP contribution in [-0.4, -0.2) is 39.7 Å². The van der Waals surface area contributed by atoms with Crippen LogP contribution in [0.15, 0.2) is 54.6 Å². The maximum atomic E-state index is 12.6. The van der Waals surface area contributed by atoms with Crippen LogP contribution in [0.4, 0.5) is 0 Å². The lowest BCUT2D eigenvalue weighted by Crippen LogP contribution is -2.15. The molecule has 0 aliphatic rings. The third kappa shape index (κ3) is 3.76. The predicted octanol–water partition coefficient (Wildman–Crippen LogP) is 3.91. The number of hydrogen-bond acceptors (Lipinski definition) is 6. The lowest BCUT2D eigenvalue weighted by molar-refractivity contribution is 0.0474. The molecule has 6 heteroatoms. The van der Waals surface area contributed by atoms with Crippen molar-refractivity contribution in [2.45, 2.75) is 0 Å². The number of Topliss-reactive ketones (excluding diaryl/α,β-unsaturated/α-hetero) is 1. The van der Waals surface area contributed by atoms with E-state index in [4.69, 9.17) is 18.9 Å². The molecule has 0 aromatic heterocycles. The number of carbonyl (C=O) groups excluding carboxylic acids is 2. The van der Waals surface area contributed by atoms with Gasteiger partial charge in [0, 0.05) is 5.56 Å². The van der Waals surface area contributed by atoms with E-state index in [-0.39, 0.29) is 18.0 Å². The zero-order valence-electron chi connectivity index (χ0n) is 15.9. The fourth-order valence-electron chi connectivity index (χ4n) is 2.96. The summed E-state index contributed by atoms with van der Waals surface area (Å²) in [5, 5.41) is 1.77. The number of rotatable bonds is 7. The molecule has 0 atom stereocenters. The minimum Gasteiger partial charge on any atom is -0.493 e. The lowest BCUT2D eigenvalue weighted by atomic mass is 10.0. The molecule has 0 spiro atoms. The fourth-order valence-corrected chi connectivity index (χ4v) is 2.96. The van der Waals surface area contributed by atoms with Crippen LogP contribution >= 0.6 is 0 Å². The van der Waals surface area contributed by atoms with E-state index < -0.39 is 5.97 Å². The zero-order chi connectivity index (χ0) is 20.1. The number of carbonyl (C=O) groups is 2. The Morgan fingerprint density at radius 2 is 1.46 bits per heavy atom. The van der Waals surface area contributed by atoms with Crippen molar-refractivity contribution in [3.63, 3.8) is 0 Å². The molecule has 28 heavy (non-hydrogen) atoms. The van der Waals surface area contributed by atoms with Crippen LogP contribution in [0.25, 0.3) is 10.8 Å². The van der Waals surface area contributed by atoms with Gasteiger partial charge in [-0.25, -0.2) is 4.79 Å². The molecule has 3 aromatic rings. The van der Waals surface area contributed by atoms with E-state index >= 15 is 0 Å². The van der Waals surface area contributed by atoms with E-state index in [0.717, 1.165) is 10.8 Å². The van der Waals surface area contributed by atoms with Gasteiger partial charge >= 0.3 is 5.97 Å². The topological polar surface area (TPSA) is 71.1 Å². The first-order chi connectivity index (χ1) is 13.6. The molecule has 0 radical (unpaired) electrons. The monoisotopic (exact) mass is 380 g/mol. The van der Waals surface area contributed by atoms with E-state index in [9.17, 15) is 9.59 Å². The fraction of sp³-hybridized carbons (Fsp3) is 0.182. The van der Waals surface area contributed by atoms with Gasteiger partial charge in [0.05, 0.1) is 26.9 Å². The molecule has 0 bridgehead atoms. The minimum atomic E-state index is -0.659. The van der Waals surface area contributed by atoms with Crippen molar-refractivity contribution in [3.8, 4) is 17.2 Å². The molecule has 0 aliphatic carbocycles. The van der Waals surface area contributed by atoms with E-state index in [0.29, 0.717) is 22.8 Å². The van der Waals surface area contributed by atoms with Gasteiger partial charge in [0.25, 0.3) is 0 Å². The first-order valence-corrected chi connectivity index (χ1v) is 8.57. The van der Waals surface area contributed by atoms with Crippen LogP contribution in [0.5, 0.6) is 17.2 Å². The molecule has 0 amide bonds. The van der Waals surface area contributed by atoms with Gasteiger partial charge in [0.15, 0.2) is 18.1 Å². The Balaban J connectivity index is 1.79. The molecule has 144 valence electrons. The van der Waals surface area contributed by atoms with Crippen molar-refractivity contribution in [2.24, 2.45) is 0 Å². The Bertz CT molecular complexity index is 994. The Morgan fingerprint density at radius 1 is 0.821 bits per heavy atom. The lowest BCUT2D eigenvalue weighted by Gasteiger charge is -2.13. The molecular weight excluding hydrogens is 360 g/mol. The average molecular weight is 380 g/mol. The highest BCUT2D eigenvalue weighted by Crippen LogP contribution is 2.38. The summed E-state index contributed by atoms with van der Waals surface area (Å²) in [6.07, 6.45) is 0. The van der Waals surface area contributed by atoms with Gasteiger partial charge in [-0.05, 0) is 22.9 Å². The average Bonchev–Trinajstić information content (AvgIpc) is 2.75. The maximum Gasteiger partial charge on any atom is 0.338 e. The van der Waals surface area contributed by atoms with Crippen molar-refractivity contribution in [3.05, 3.63) is 65.7 Å². The summed E-state index contributed by atoms with van der Waals surface area (Å²) >= 11 is 0. The first-order valence-electron chi connectivity index (χ1n) is 8.57. The van der Waals surface area contributed by atoms with E-state index in [1.54, 1.807) is 12.1 Å². The third-order valence-corrected chi connectivity index (χ3v) is 4.32.